The molecule has 0 aromatic rings. The monoisotopic (exact) mass is 372 g/mol. The molecule has 25 heavy (non-hydrogen) atoms. The van der Waals surface area contributed by atoms with E-state index < -0.39 is 20.8 Å². The van der Waals surface area contributed by atoms with Crippen molar-refractivity contribution in [3.05, 3.63) is 12.2 Å². The van der Waals surface area contributed by atoms with Gasteiger partial charge in [0, 0.05) is 12.2 Å². The summed E-state index contributed by atoms with van der Waals surface area (Å²) in [4.78, 5) is 11.6. The van der Waals surface area contributed by atoms with E-state index >= 15 is 0 Å². The van der Waals surface area contributed by atoms with Crippen LogP contribution in [0.2, 0.25) is 12.6 Å². The third-order valence-electron chi connectivity index (χ3n) is 4.22. The van der Waals surface area contributed by atoms with Crippen LogP contribution in [0.3, 0.4) is 0 Å². The van der Waals surface area contributed by atoms with Gasteiger partial charge in [0.05, 0.1) is 0 Å². The van der Waals surface area contributed by atoms with E-state index in [2.05, 4.69) is 20.0 Å². The number of rotatable bonds is 16. The van der Waals surface area contributed by atoms with Gasteiger partial charge >= 0.3 is 14.5 Å². The maximum atomic E-state index is 11.6. The molecule has 0 aromatic heterocycles. The second kappa shape index (κ2) is 14.5. The van der Waals surface area contributed by atoms with Crippen molar-refractivity contribution in [1.29, 1.82) is 0 Å². The molecule has 0 saturated heterocycles. The molecule has 2 atom stereocenters. The largest absolute Gasteiger partial charge is 0.434 e. The molecule has 0 bridgehead atoms. The minimum atomic E-state index is -2.31. The summed E-state index contributed by atoms with van der Waals surface area (Å²) in [7, 11) is -2.31. The highest BCUT2D eigenvalue weighted by molar-refractivity contribution is 6.66. The van der Waals surface area contributed by atoms with Crippen molar-refractivity contribution in [2.45, 2.75) is 104 Å². The molecule has 4 nitrogen and oxygen atoms in total. The molecule has 0 heterocycles. The number of esters is 1. The zero-order chi connectivity index (χ0) is 19.1. The van der Waals surface area contributed by atoms with Gasteiger partial charge in [0.2, 0.25) is 0 Å². The molecule has 0 aliphatic rings. The van der Waals surface area contributed by atoms with Gasteiger partial charge < -0.3 is 13.6 Å². The Hall–Kier alpha value is -0.653. The molecule has 0 rings (SSSR count). The second-order valence-electron chi connectivity index (χ2n) is 7.02. The molecule has 0 amide bonds. The number of carbonyl (C=O) groups is 1. The van der Waals surface area contributed by atoms with E-state index in [-0.39, 0.29) is 0 Å². The number of hydrogen-bond acceptors (Lipinski definition) is 4. The van der Waals surface area contributed by atoms with Crippen molar-refractivity contribution >= 4 is 14.5 Å². The molecule has 0 aliphatic carbocycles. The summed E-state index contributed by atoms with van der Waals surface area (Å²) in [5, 5.41) is 0. The quantitative estimate of drug-likeness (QED) is 0.108. The van der Waals surface area contributed by atoms with Crippen LogP contribution in [0.4, 0.5) is 0 Å². The van der Waals surface area contributed by atoms with E-state index in [4.69, 9.17) is 13.6 Å². The van der Waals surface area contributed by atoms with E-state index in [0.717, 1.165) is 12.5 Å². The van der Waals surface area contributed by atoms with E-state index in [1.807, 2.05) is 6.92 Å². The minimum Gasteiger partial charge on any atom is -0.434 e. The van der Waals surface area contributed by atoms with Crippen LogP contribution in [0.15, 0.2) is 12.2 Å². The Morgan fingerprint density at radius 2 is 1.52 bits per heavy atom. The number of unbranched alkanes of at least 4 members (excludes halogenated alkanes) is 8. The molecule has 0 fully saturated rings. The topological polar surface area (TPSA) is 44.8 Å². The van der Waals surface area contributed by atoms with Gasteiger partial charge in [-0.2, -0.15) is 0 Å². The fourth-order valence-electron chi connectivity index (χ4n) is 2.85. The summed E-state index contributed by atoms with van der Waals surface area (Å²) < 4.78 is 17.2. The maximum Gasteiger partial charge on any atom is 0.337 e. The predicted octanol–water partition coefficient (Wildman–Crippen LogP) is 6.11. The van der Waals surface area contributed by atoms with Gasteiger partial charge in [-0.05, 0) is 33.4 Å². The van der Waals surface area contributed by atoms with Crippen molar-refractivity contribution in [2.24, 2.45) is 0 Å². The summed E-state index contributed by atoms with van der Waals surface area (Å²) >= 11 is 0. The number of hydrogen-bond donors (Lipinski definition) is 0. The molecule has 0 N–H and O–H groups in total. The summed E-state index contributed by atoms with van der Waals surface area (Å²) in [6.45, 7) is 13.9. The Kier molecular flexibility index (Phi) is 14.1. The first-order valence-electron chi connectivity index (χ1n) is 10.0. The Labute approximate surface area is 156 Å². The van der Waals surface area contributed by atoms with E-state index in [9.17, 15) is 4.79 Å². The maximum absolute atomic E-state index is 11.6. The molecular weight excluding hydrogens is 332 g/mol. The first-order valence-corrected chi connectivity index (χ1v) is 12.5. The van der Waals surface area contributed by atoms with Crippen LogP contribution in [0.25, 0.3) is 0 Å². The van der Waals surface area contributed by atoms with Crippen molar-refractivity contribution in [1.82, 2.24) is 0 Å². The van der Waals surface area contributed by atoms with Gasteiger partial charge in [0.25, 0.3) is 0 Å². The molecular formula is C20H40O4Si. The Morgan fingerprint density at radius 1 is 1.00 bits per heavy atom. The lowest BCUT2D eigenvalue weighted by atomic mass is 10.1. The van der Waals surface area contributed by atoms with Crippen LogP contribution in [0, 0.1) is 0 Å². The fourth-order valence-corrected chi connectivity index (χ4v) is 5.44. The summed E-state index contributed by atoms with van der Waals surface area (Å²) in [5.41, 5.74) is 0.383. The number of carbonyl (C=O) groups excluding carboxylic acids is 1. The summed E-state index contributed by atoms with van der Waals surface area (Å²) in [6.07, 6.45) is 11.1. The molecule has 0 spiro atoms. The van der Waals surface area contributed by atoms with Gasteiger partial charge in [-0.25, -0.2) is 4.79 Å². The van der Waals surface area contributed by atoms with Crippen molar-refractivity contribution in [3.8, 4) is 0 Å². The third kappa shape index (κ3) is 13.2. The highest BCUT2D eigenvalue weighted by atomic mass is 28.4. The fraction of sp³-hybridized carbons (Fsp3) is 0.850. The second-order valence-corrected chi connectivity index (χ2v) is 10.3. The smallest absolute Gasteiger partial charge is 0.337 e. The van der Waals surface area contributed by atoms with Crippen LogP contribution < -0.4 is 0 Å². The van der Waals surface area contributed by atoms with Crippen LogP contribution in [-0.2, 0) is 18.4 Å². The lowest BCUT2D eigenvalue weighted by Crippen LogP contribution is -2.42. The third-order valence-corrected chi connectivity index (χ3v) is 7.21. The standard InChI is InChI=1S/C20H40O4Si/c1-7-9-10-11-12-13-14-15-16-17-25(6,22-8-2)24-19(5)23-20(21)18(3)4/h19H,3,7-17H2,1-2,4-6H3. The lowest BCUT2D eigenvalue weighted by molar-refractivity contribution is -0.159. The van der Waals surface area contributed by atoms with Gasteiger partial charge in [-0.1, -0.05) is 71.3 Å². The van der Waals surface area contributed by atoms with E-state index in [0.29, 0.717) is 12.2 Å². The average molecular weight is 373 g/mol. The number of ether oxygens (including phenoxy) is 1. The minimum absolute atomic E-state index is 0.383. The Morgan fingerprint density at radius 3 is 2.00 bits per heavy atom. The highest BCUT2D eigenvalue weighted by Crippen LogP contribution is 2.21. The zero-order valence-corrected chi connectivity index (χ0v) is 18.2. The van der Waals surface area contributed by atoms with Gasteiger partial charge in [0.15, 0.2) is 6.29 Å². The van der Waals surface area contributed by atoms with Crippen molar-refractivity contribution in [2.75, 3.05) is 6.61 Å². The first kappa shape index (κ1) is 24.3. The molecule has 0 aliphatic heterocycles. The molecule has 0 aromatic carbocycles. The molecule has 0 saturated carbocycles. The van der Waals surface area contributed by atoms with Gasteiger partial charge in [0.1, 0.15) is 0 Å². The molecule has 5 heteroatoms. The Bertz CT molecular complexity index is 373. The lowest BCUT2D eigenvalue weighted by Gasteiger charge is -2.29. The van der Waals surface area contributed by atoms with Crippen LogP contribution in [0.5, 0.6) is 0 Å². The molecule has 148 valence electrons. The van der Waals surface area contributed by atoms with Gasteiger partial charge in [-0.3, -0.25) is 0 Å². The van der Waals surface area contributed by atoms with E-state index in [1.165, 1.54) is 51.4 Å². The highest BCUT2D eigenvalue weighted by Gasteiger charge is 2.33. The van der Waals surface area contributed by atoms with Crippen LogP contribution >= 0.6 is 0 Å². The average Bonchev–Trinajstić information content (AvgIpc) is 2.53. The summed E-state index contributed by atoms with van der Waals surface area (Å²) in [5.74, 6) is -0.413. The molecule has 2 unspecified atom stereocenters. The van der Waals surface area contributed by atoms with E-state index in [1.54, 1.807) is 13.8 Å². The normalized spacial score (nSPS) is 14.8. The zero-order valence-electron chi connectivity index (χ0n) is 17.2. The predicted molar refractivity (Wildman–Crippen MR) is 107 cm³/mol. The van der Waals surface area contributed by atoms with Crippen molar-refractivity contribution in [3.63, 3.8) is 0 Å². The Balaban J connectivity index is 4.04. The van der Waals surface area contributed by atoms with Crippen molar-refractivity contribution < 1.29 is 18.4 Å². The van der Waals surface area contributed by atoms with Crippen LogP contribution in [0.1, 0.15) is 85.5 Å². The SMILES string of the molecule is C=C(C)C(=O)OC(C)O[Si](C)(CCCCCCCCCCC)OCC. The van der Waals surface area contributed by atoms with Gasteiger partial charge in [-0.15, -0.1) is 0 Å². The molecule has 0 radical (unpaired) electrons. The summed E-state index contributed by atoms with van der Waals surface area (Å²) in [6, 6.07) is 0.936. The first-order chi connectivity index (χ1) is 11.8. The van der Waals surface area contributed by atoms with Crippen LogP contribution in [-0.4, -0.2) is 27.4 Å².